The zero-order valence-electron chi connectivity index (χ0n) is 22.0. The summed E-state index contributed by atoms with van der Waals surface area (Å²) in [4.78, 5) is 45.6. The summed E-state index contributed by atoms with van der Waals surface area (Å²) in [5, 5.41) is 2.29. The van der Waals surface area contributed by atoms with Crippen LogP contribution < -0.4 is 14.5 Å². The Kier molecular flexibility index (Phi) is 6.34. The van der Waals surface area contributed by atoms with Crippen molar-refractivity contribution in [3.63, 3.8) is 0 Å². The fourth-order valence-corrected chi connectivity index (χ4v) is 10.9. The van der Waals surface area contributed by atoms with E-state index in [-0.39, 0.29) is 57.4 Å². The summed E-state index contributed by atoms with van der Waals surface area (Å²) in [6.07, 6.45) is 0.849. The van der Waals surface area contributed by atoms with Gasteiger partial charge in [-0.2, -0.15) is 0 Å². The zero-order valence-corrected chi connectivity index (χ0v) is 25.2. The first kappa shape index (κ1) is 26.6. The largest absolute Gasteiger partial charge is 0.489 e. The summed E-state index contributed by atoms with van der Waals surface area (Å²) in [5.74, 6) is 0.0910. The monoisotopic (exact) mass is 634 g/mol. The highest BCUT2D eigenvalue weighted by molar-refractivity contribution is 8.00. The highest BCUT2D eigenvalue weighted by Crippen LogP contribution is 2.68. The van der Waals surface area contributed by atoms with Crippen molar-refractivity contribution in [1.29, 1.82) is 0 Å². The average Bonchev–Trinajstić information content (AvgIpc) is 3.72. The lowest BCUT2D eigenvalue weighted by molar-refractivity contribution is -0.123. The first-order chi connectivity index (χ1) is 20.4. The quantitative estimate of drug-likeness (QED) is 0.239. The number of aromatic amines is 1. The number of hydrogen-bond acceptors (Lipinski definition) is 6. The van der Waals surface area contributed by atoms with E-state index in [1.165, 1.54) is 16.2 Å². The number of thiazole rings is 1. The van der Waals surface area contributed by atoms with Gasteiger partial charge in [0.15, 0.2) is 0 Å². The van der Waals surface area contributed by atoms with E-state index in [0.29, 0.717) is 22.3 Å². The Bertz CT molecular complexity index is 1770. The minimum atomic E-state index is -0.346. The van der Waals surface area contributed by atoms with E-state index >= 15 is 0 Å². The maximum absolute atomic E-state index is 13.9. The Balaban J connectivity index is 1.11. The molecule has 3 fully saturated rings. The number of carbonyl (C=O) groups is 2. The Hall–Kier alpha value is -3.04. The number of thioether (sulfide) groups is 1. The summed E-state index contributed by atoms with van der Waals surface area (Å²) in [6, 6.07) is 22.6. The molecule has 2 saturated carbocycles. The molecular formula is C32H24Cl2N2O4S2. The Labute approximate surface area is 260 Å². The third-order valence-corrected chi connectivity index (χ3v) is 12.5. The van der Waals surface area contributed by atoms with Crippen LogP contribution in [0.15, 0.2) is 82.6 Å². The van der Waals surface area contributed by atoms with Crippen molar-refractivity contribution in [2.45, 2.75) is 29.2 Å². The molecule has 3 heterocycles. The molecule has 8 rings (SSSR count). The molecule has 0 spiro atoms. The Morgan fingerprint density at radius 1 is 0.833 bits per heavy atom. The normalized spacial score (nSPS) is 29.0. The van der Waals surface area contributed by atoms with Gasteiger partial charge in [-0.1, -0.05) is 58.8 Å². The number of carbonyl (C=O) groups excluding carboxylic acids is 2. The number of nitrogens with zero attached hydrogens (tertiary/aromatic N) is 1. The standard InChI is InChI=1S/C32H24Cl2N2O4S2/c33-17-5-1-15(2-6-17)14-40-20-11-3-16(4-12-20)23-24-21-13-22(27(24)41-29-28(23)42-32(39)35-29)26-25(21)30(37)36(31(26)38)19-9-7-18(34)8-10-19/h1-12,21-27H,13-14H2,(H,35,39)/t21-,22-,23?,24?,25?,26?,27?/m1/s1. The van der Waals surface area contributed by atoms with Crippen LogP contribution in [-0.2, 0) is 16.2 Å². The van der Waals surface area contributed by atoms with E-state index in [1.54, 1.807) is 36.0 Å². The van der Waals surface area contributed by atoms with Crippen molar-refractivity contribution in [2.75, 3.05) is 4.90 Å². The average molecular weight is 636 g/mol. The zero-order chi connectivity index (χ0) is 28.7. The van der Waals surface area contributed by atoms with E-state index in [1.807, 2.05) is 36.4 Å². The second kappa shape index (κ2) is 10.0. The molecule has 2 aliphatic carbocycles. The van der Waals surface area contributed by atoms with Crippen molar-refractivity contribution in [1.82, 2.24) is 4.98 Å². The molecule has 1 saturated heterocycles. The predicted molar refractivity (Wildman–Crippen MR) is 165 cm³/mol. The number of halogens is 2. The molecule has 5 unspecified atom stereocenters. The van der Waals surface area contributed by atoms with Gasteiger partial charge in [0.2, 0.25) is 11.8 Å². The molecule has 6 nitrogen and oxygen atoms in total. The molecule has 1 aromatic heterocycles. The number of ether oxygens (including phenoxy) is 1. The SMILES string of the molecule is O=C1C2C(C(=O)N1c1ccc(Cl)cc1)[C@@H]1C[C@H]2C2Sc3[nH]c(=O)sc3C(c3ccc(OCc4ccc(Cl)cc4)cc3)C21. The highest BCUT2D eigenvalue weighted by atomic mass is 35.5. The molecule has 212 valence electrons. The lowest BCUT2D eigenvalue weighted by atomic mass is 9.68. The third-order valence-electron chi connectivity index (χ3n) is 9.37. The third kappa shape index (κ3) is 4.10. The number of nitrogens with one attached hydrogen (secondary N) is 1. The molecule has 2 bridgehead atoms. The van der Waals surface area contributed by atoms with Gasteiger partial charge in [-0.05, 0) is 83.8 Å². The summed E-state index contributed by atoms with van der Waals surface area (Å²) in [6.45, 7) is 0.429. The van der Waals surface area contributed by atoms with Crippen molar-refractivity contribution >= 4 is 63.8 Å². The fraction of sp³-hybridized carbons (Fsp3) is 0.281. The molecule has 4 aliphatic rings. The van der Waals surface area contributed by atoms with E-state index in [4.69, 9.17) is 27.9 Å². The molecule has 0 radical (unpaired) electrons. The number of fused-ring (bicyclic) bond motifs is 9. The van der Waals surface area contributed by atoms with Crippen molar-refractivity contribution in [3.8, 4) is 5.75 Å². The molecule has 2 aliphatic heterocycles. The first-order valence-corrected chi connectivity index (χ1v) is 16.3. The fourth-order valence-electron chi connectivity index (χ4n) is 7.75. The van der Waals surface area contributed by atoms with Crippen LogP contribution in [0.25, 0.3) is 0 Å². The summed E-state index contributed by atoms with van der Waals surface area (Å²) in [7, 11) is 0. The highest BCUT2D eigenvalue weighted by Gasteiger charge is 2.69. The molecular weight excluding hydrogens is 611 g/mol. The minimum absolute atomic E-state index is 0.0380. The van der Waals surface area contributed by atoms with Crippen molar-refractivity contribution in [2.24, 2.45) is 29.6 Å². The van der Waals surface area contributed by atoms with Crippen molar-refractivity contribution in [3.05, 3.63) is 109 Å². The van der Waals surface area contributed by atoms with Crippen LogP contribution in [0.5, 0.6) is 5.75 Å². The first-order valence-electron chi connectivity index (χ1n) is 13.9. The van der Waals surface area contributed by atoms with Crippen LogP contribution in [0, 0.1) is 29.6 Å². The van der Waals surface area contributed by atoms with Gasteiger partial charge in [0.05, 0.1) is 22.5 Å². The van der Waals surface area contributed by atoms with Gasteiger partial charge in [0.1, 0.15) is 12.4 Å². The number of amides is 2. The number of hydrogen-bond donors (Lipinski definition) is 1. The predicted octanol–water partition coefficient (Wildman–Crippen LogP) is 7.00. The summed E-state index contributed by atoms with van der Waals surface area (Å²) in [5.41, 5.74) is 2.70. The molecule has 1 N–H and O–H groups in total. The number of imide groups is 1. The molecule has 3 aromatic carbocycles. The maximum atomic E-state index is 13.9. The Morgan fingerprint density at radius 3 is 2.17 bits per heavy atom. The lowest BCUT2D eigenvalue weighted by Gasteiger charge is -2.43. The van der Waals surface area contributed by atoms with Gasteiger partial charge in [0.25, 0.3) is 0 Å². The van der Waals surface area contributed by atoms with Gasteiger partial charge < -0.3 is 9.72 Å². The van der Waals surface area contributed by atoms with Gasteiger partial charge in [-0.25, -0.2) is 0 Å². The Morgan fingerprint density at radius 2 is 1.48 bits per heavy atom. The van der Waals surface area contributed by atoms with Crippen LogP contribution in [0.2, 0.25) is 10.0 Å². The van der Waals surface area contributed by atoms with Gasteiger partial charge in [-0.3, -0.25) is 19.3 Å². The van der Waals surface area contributed by atoms with E-state index < -0.39 is 0 Å². The van der Waals surface area contributed by atoms with E-state index in [0.717, 1.165) is 33.2 Å². The maximum Gasteiger partial charge on any atom is 0.305 e. The number of anilines is 1. The van der Waals surface area contributed by atoms with E-state index in [2.05, 4.69) is 17.1 Å². The topological polar surface area (TPSA) is 79.5 Å². The van der Waals surface area contributed by atoms with Crippen LogP contribution in [0.3, 0.4) is 0 Å². The van der Waals surface area contributed by atoms with Crippen LogP contribution in [0.1, 0.15) is 28.3 Å². The molecule has 2 amide bonds. The smallest absolute Gasteiger partial charge is 0.305 e. The summed E-state index contributed by atoms with van der Waals surface area (Å²) < 4.78 is 6.03. The number of aromatic nitrogens is 1. The molecule has 4 aromatic rings. The molecule has 42 heavy (non-hydrogen) atoms. The summed E-state index contributed by atoms with van der Waals surface area (Å²) >= 11 is 15.0. The minimum Gasteiger partial charge on any atom is -0.489 e. The second-order valence-corrected chi connectivity index (χ2v) is 14.5. The van der Waals surface area contributed by atoms with Crippen LogP contribution in [-0.4, -0.2) is 22.0 Å². The number of H-pyrrole nitrogens is 1. The van der Waals surface area contributed by atoms with Crippen LogP contribution in [0.4, 0.5) is 5.69 Å². The molecule has 10 heteroatoms. The van der Waals surface area contributed by atoms with E-state index in [9.17, 15) is 14.4 Å². The second-order valence-electron chi connectivity index (χ2n) is 11.4. The van der Waals surface area contributed by atoms with Crippen molar-refractivity contribution < 1.29 is 14.3 Å². The molecule has 7 atom stereocenters. The van der Waals surface area contributed by atoms with Gasteiger partial charge >= 0.3 is 4.87 Å². The van der Waals surface area contributed by atoms with Gasteiger partial charge in [-0.15, -0.1) is 11.8 Å². The number of benzene rings is 3. The lowest BCUT2D eigenvalue weighted by Crippen LogP contribution is -2.42. The van der Waals surface area contributed by atoms with Crippen LogP contribution >= 0.6 is 46.3 Å². The van der Waals surface area contributed by atoms with Gasteiger partial charge in [0, 0.05) is 26.1 Å². The number of rotatable bonds is 5.